The first kappa shape index (κ1) is 24.9. The Morgan fingerprint density at radius 1 is 0.968 bits per heavy atom. The fourth-order valence-corrected chi connectivity index (χ4v) is 4.18. The predicted octanol–water partition coefficient (Wildman–Crippen LogP) is 9.13. The van der Waals surface area contributed by atoms with Crippen LogP contribution in [0.2, 0.25) is 0 Å². The molecule has 0 aliphatic rings. The van der Waals surface area contributed by atoms with Crippen LogP contribution in [0, 0.1) is 18.7 Å². The Hall–Kier alpha value is -2.41. The predicted molar refractivity (Wildman–Crippen MR) is 136 cm³/mol. The van der Waals surface area contributed by atoms with E-state index < -0.39 is 0 Å². The Labute approximate surface area is 189 Å². The van der Waals surface area contributed by atoms with E-state index in [1.165, 1.54) is 27.8 Å². The molecule has 1 unspecified atom stereocenters. The second kappa shape index (κ2) is 11.3. The summed E-state index contributed by atoms with van der Waals surface area (Å²) in [6.45, 7) is 21.2. The van der Waals surface area contributed by atoms with Crippen molar-refractivity contribution >= 4 is 11.1 Å². The van der Waals surface area contributed by atoms with Crippen LogP contribution in [-0.2, 0) is 12.8 Å². The van der Waals surface area contributed by atoms with Gasteiger partial charge in [-0.1, -0.05) is 81.5 Å². The highest BCUT2D eigenvalue weighted by Gasteiger charge is 2.18. The zero-order valence-corrected chi connectivity index (χ0v) is 20.4. The Kier molecular flexibility index (Phi) is 9.04. The summed E-state index contributed by atoms with van der Waals surface area (Å²) in [6, 6.07) is 12.8. The van der Waals surface area contributed by atoms with Crippen LogP contribution in [0.1, 0.15) is 81.7 Å². The van der Waals surface area contributed by atoms with Gasteiger partial charge in [0, 0.05) is 5.56 Å². The molecule has 1 heteroatoms. The third-order valence-corrected chi connectivity index (χ3v) is 6.67. The molecule has 2 aromatic rings. The maximum absolute atomic E-state index is 15.3. The van der Waals surface area contributed by atoms with Crippen molar-refractivity contribution in [1.82, 2.24) is 0 Å². The lowest BCUT2D eigenvalue weighted by Crippen LogP contribution is -2.10. The topological polar surface area (TPSA) is 0 Å². The molecule has 166 valence electrons. The molecular weight excluding hydrogens is 379 g/mol. The molecule has 0 aromatic heterocycles. The van der Waals surface area contributed by atoms with Crippen LogP contribution in [0.3, 0.4) is 0 Å². The minimum Gasteiger partial charge on any atom is -0.206 e. The van der Waals surface area contributed by atoms with Crippen molar-refractivity contribution in [3.8, 4) is 0 Å². The Balaban J connectivity index is 2.21. The summed E-state index contributed by atoms with van der Waals surface area (Å²) >= 11 is 0. The van der Waals surface area contributed by atoms with Crippen molar-refractivity contribution in [3.63, 3.8) is 0 Å². The quantitative estimate of drug-likeness (QED) is 0.337. The minimum absolute atomic E-state index is 0.0995. The first-order chi connectivity index (χ1) is 14.7. The van der Waals surface area contributed by atoms with Gasteiger partial charge in [0.05, 0.1) is 0 Å². The van der Waals surface area contributed by atoms with Gasteiger partial charge in [-0.3, -0.25) is 0 Å². The molecule has 0 amide bonds. The molecule has 0 N–H and O–H groups in total. The Bertz CT molecular complexity index is 957. The summed E-state index contributed by atoms with van der Waals surface area (Å²) in [5, 5.41) is 0. The van der Waals surface area contributed by atoms with Crippen molar-refractivity contribution in [3.05, 3.63) is 94.3 Å². The molecular formula is C30H39F. The van der Waals surface area contributed by atoms with E-state index in [1.807, 2.05) is 26.0 Å². The van der Waals surface area contributed by atoms with Gasteiger partial charge in [-0.25, -0.2) is 4.39 Å². The van der Waals surface area contributed by atoms with E-state index in [0.717, 1.165) is 42.4 Å². The van der Waals surface area contributed by atoms with Gasteiger partial charge >= 0.3 is 0 Å². The monoisotopic (exact) mass is 418 g/mol. The lowest BCUT2D eigenvalue weighted by molar-refractivity contribution is 0.541. The number of halogens is 1. The lowest BCUT2D eigenvalue weighted by atomic mass is 9.84. The second-order valence-electron chi connectivity index (χ2n) is 8.79. The molecule has 0 fully saturated rings. The van der Waals surface area contributed by atoms with Crippen molar-refractivity contribution in [2.24, 2.45) is 5.92 Å². The van der Waals surface area contributed by atoms with Gasteiger partial charge in [-0.2, -0.15) is 0 Å². The van der Waals surface area contributed by atoms with Gasteiger partial charge in [0.25, 0.3) is 0 Å². The number of hydrogen-bond acceptors (Lipinski definition) is 0. The van der Waals surface area contributed by atoms with E-state index >= 15 is 4.39 Å². The van der Waals surface area contributed by atoms with Crippen LogP contribution >= 0.6 is 0 Å². The maximum atomic E-state index is 15.3. The van der Waals surface area contributed by atoms with Crippen LogP contribution in [0.15, 0.2) is 60.7 Å². The SMILES string of the molecule is C=C(CC)c1c(C)ccc(CC(CC)C(=C)C/C(C)=C(\C)c2ccc(CC)cc2)c1F. The first-order valence-electron chi connectivity index (χ1n) is 11.6. The highest BCUT2D eigenvalue weighted by atomic mass is 19.1. The number of aryl methyl sites for hydroxylation is 2. The largest absolute Gasteiger partial charge is 0.206 e. The third kappa shape index (κ3) is 6.06. The summed E-state index contributed by atoms with van der Waals surface area (Å²) in [5.41, 5.74) is 9.74. The molecule has 0 aliphatic heterocycles. The zero-order chi connectivity index (χ0) is 23.1. The van der Waals surface area contributed by atoms with E-state index in [0.29, 0.717) is 12.0 Å². The number of benzene rings is 2. The Morgan fingerprint density at radius 2 is 1.61 bits per heavy atom. The van der Waals surface area contributed by atoms with Crippen LogP contribution in [-0.4, -0.2) is 0 Å². The fraction of sp³-hybridized carbons (Fsp3) is 0.400. The summed E-state index contributed by atoms with van der Waals surface area (Å²) in [7, 11) is 0. The Morgan fingerprint density at radius 3 is 2.16 bits per heavy atom. The molecule has 0 bridgehead atoms. The van der Waals surface area contributed by atoms with Gasteiger partial charge in [0.15, 0.2) is 0 Å². The molecule has 2 rings (SSSR count). The number of allylic oxidation sites excluding steroid dienone is 4. The minimum atomic E-state index is -0.0995. The molecule has 0 saturated heterocycles. The van der Waals surface area contributed by atoms with Crippen LogP contribution in [0.25, 0.3) is 11.1 Å². The number of hydrogen-bond donors (Lipinski definition) is 0. The van der Waals surface area contributed by atoms with Gasteiger partial charge in [0.2, 0.25) is 0 Å². The molecule has 2 aromatic carbocycles. The molecule has 0 spiro atoms. The van der Waals surface area contributed by atoms with Gasteiger partial charge in [0.1, 0.15) is 5.82 Å². The standard InChI is InChI=1S/C30H39F/c1-9-20(4)29-21(5)12-15-28(30(29)31)19-26(11-3)23(7)18-22(6)24(8)27-16-13-25(10-2)14-17-27/h12-17,26H,4,7,9-11,18-19H2,1-3,5-6,8H3/b24-22+. The molecule has 0 nitrogen and oxygen atoms in total. The number of rotatable bonds is 10. The van der Waals surface area contributed by atoms with Crippen LogP contribution in [0.5, 0.6) is 0 Å². The van der Waals surface area contributed by atoms with E-state index in [4.69, 9.17) is 0 Å². The van der Waals surface area contributed by atoms with Crippen molar-refractivity contribution in [1.29, 1.82) is 0 Å². The van der Waals surface area contributed by atoms with E-state index in [-0.39, 0.29) is 11.7 Å². The molecule has 0 aliphatic carbocycles. The average molecular weight is 419 g/mol. The highest BCUT2D eigenvalue weighted by molar-refractivity contribution is 5.68. The highest BCUT2D eigenvalue weighted by Crippen LogP contribution is 2.32. The fourth-order valence-electron chi connectivity index (χ4n) is 4.18. The van der Waals surface area contributed by atoms with Crippen LogP contribution < -0.4 is 0 Å². The van der Waals surface area contributed by atoms with Crippen molar-refractivity contribution in [2.45, 2.75) is 73.6 Å². The maximum Gasteiger partial charge on any atom is 0.134 e. The summed E-state index contributed by atoms with van der Waals surface area (Å²) in [6.07, 6.45) is 4.30. The smallest absolute Gasteiger partial charge is 0.134 e. The molecule has 0 saturated carbocycles. The van der Waals surface area contributed by atoms with E-state index in [9.17, 15) is 0 Å². The molecule has 31 heavy (non-hydrogen) atoms. The van der Waals surface area contributed by atoms with Gasteiger partial charge in [-0.05, 0) is 92.2 Å². The molecule has 0 heterocycles. The summed E-state index contributed by atoms with van der Waals surface area (Å²) < 4.78 is 15.3. The van der Waals surface area contributed by atoms with Crippen molar-refractivity contribution in [2.75, 3.05) is 0 Å². The first-order valence-corrected chi connectivity index (χ1v) is 11.6. The van der Waals surface area contributed by atoms with E-state index in [2.05, 4.69) is 65.1 Å². The third-order valence-electron chi connectivity index (χ3n) is 6.67. The summed E-state index contributed by atoms with van der Waals surface area (Å²) in [4.78, 5) is 0. The second-order valence-corrected chi connectivity index (χ2v) is 8.79. The van der Waals surface area contributed by atoms with Crippen LogP contribution in [0.4, 0.5) is 4.39 Å². The van der Waals surface area contributed by atoms with Gasteiger partial charge < -0.3 is 0 Å². The van der Waals surface area contributed by atoms with Crippen molar-refractivity contribution < 1.29 is 4.39 Å². The van der Waals surface area contributed by atoms with E-state index in [1.54, 1.807) is 0 Å². The molecule has 1 atom stereocenters. The lowest BCUT2D eigenvalue weighted by Gasteiger charge is -2.21. The molecule has 0 radical (unpaired) electrons. The summed E-state index contributed by atoms with van der Waals surface area (Å²) in [5.74, 6) is 0.155. The van der Waals surface area contributed by atoms with Gasteiger partial charge in [-0.15, -0.1) is 0 Å². The zero-order valence-electron chi connectivity index (χ0n) is 20.4. The average Bonchev–Trinajstić information content (AvgIpc) is 2.77. The normalized spacial score (nSPS) is 13.0.